The Morgan fingerprint density at radius 2 is 2.21 bits per heavy atom. The molecule has 0 radical (unpaired) electrons. The molecular weight excluding hydrogens is 178 g/mol. The predicted octanol–water partition coefficient (Wildman–Crippen LogP) is 0.336. The lowest BCUT2D eigenvalue weighted by Gasteiger charge is -1.97. The van der Waals surface area contributed by atoms with Gasteiger partial charge in [0.1, 0.15) is 5.69 Å². The Labute approximate surface area is 81.6 Å². The Morgan fingerprint density at radius 1 is 1.36 bits per heavy atom. The van der Waals surface area contributed by atoms with Gasteiger partial charge in [-0.1, -0.05) is 0 Å². The maximum Gasteiger partial charge on any atom is 0.114 e. The zero-order chi connectivity index (χ0) is 9.97. The third-order valence-corrected chi connectivity index (χ3v) is 1.93. The quantitative estimate of drug-likeness (QED) is 0.739. The average molecular weight is 189 g/mol. The van der Waals surface area contributed by atoms with Crippen LogP contribution in [0.25, 0.3) is 11.3 Å². The van der Waals surface area contributed by atoms with E-state index >= 15 is 0 Å². The van der Waals surface area contributed by atoms with Gasteiger partial charge in [-0.3, -0.25) is 4.98 Å². The van der Waals surface area contributed by atoms with E-state index in [1.54, 1.807) is 19.4 Å². The van der Waals surface area contributed by atoms with Crippen LogP contribution in [0.15, 0.2) is 24.5 Å². The molecule has 0 amide bonds. The van der Waals surface area contributed by atoms with E-state index in [1.165, 1.54) is 4.80 Å². The molecule has 5 nitrogen and oxygen atoms in total. The lowest BCUT2D eigenvalue weighted by Crippen LogP contribution is -1.98. The summed E-state index contributed by atoms with van der Waals surface area (Å²) in [4.78, 5) is 5.70. The molecule has 72 valence electrons. The highest BCUT2D eigenvalue weighted by molar-refractivity contribution is 5.55. The van der Waals surface area contributed by atoms with Crippen molar-refractivity contribution in [3.8, 4) is 11.3 Å². The molecule has 0 aromatic carbocycles. The molecule has 2 aromatic rings. The molecule has 0 unspecified atom stereocenters. The summed E-state index contributed by atoms with van der Waals surface area (Å²) in [5.41, 5.74) is 8.10. The highest BCUT2D eigenvalue weighted by atomic mass is 15.4. The van der Waals surface area contributed by atoms with Crippen LogP contribution in [0.4, 0.5) is 0 Å². The number of rotatable bonds is 2. The summed E-state index contributed by atoms with van der Waals surface area (Å²) in [5, 5.41) is 8.16. The average Bonchev–Trinajstić information content (AvgIpc) is 2.65. The maximum absolute atomic E-state index is 5.45. The summed E-state index contributed by atoms with van der Waals surface area (Å²) < 4.78 is 0. The molecule has 0 aliphatic heterocycles. The number of aryl methyl sites for hydroxylation is 1. The second kappa shape index (κ2) is 3.55. The SMILES string of the molecule is Cn1ncc(-c2ccc(CN)nc2)n1. The molecule has 2 N–H and O–H groups in total. The molecule has 0 saturated carbocycles. The molecule has 0 fully saturated rings. The zero-order valence-corrected chi connectivity index (χ0v) is 7.88. The van der Waals surface area contributed by atoms with Crippen LogP contribution in [0.5, 0.6) is 0 Å². The fourth-order valence-electron chi connectivity index (χ4n) is 1.17. The summed E-state index contributed by atoms with van der Waals surface area (Å²) >= 11 is 0. The summed E-state index contributed by atoms with van der Waals surface area (Å²) in [6, 6.07) is 3.84. The van der Waals surface area contributed by atoms with Crippen molar-refractivity contribution in [2.75, 3.05) is 0 Å². The topological polar surface area (TPSA) is 69.6 Å². The fourth-order valence-corrected chi connectivity index (χ4v) is 1.17. The molecular formula is C9H11N5. The van der Waals surface area contributed by atoms with Crippen molar-refractivity contribution >= 4 is 0 Å². The first kappa shape index (κ1) is 8.83. The smallest absolute Gasteiger partial charge is 0.114 e. The molecule has 0 atom stereocenters. The van der Waals surface area contributed by atoms with Gasteiger partial charge < -0.3 is 5.73 Å². The van der Waals surface area contributed by atoms with Crippen LogP contribution >= 0.6 is 0 Å². The summed E-state index contributed by atoms with van der Waals surface area (Å²) in [6.07, 6.45) is 3.46. The summed E-state index contributed by atoms with van der Waals surface area (Å²) in [5.74, 6) is 0. The first-order valence-corrected chi connectivity index (χ1v) is 4.31. The molecule has 2 aromatic heterocycles. The van der Waals surface area contributed by atoms with Crippen LogP contribution in [-0.4, -0.2) is 20.0 Å². The first-order valence-electron chi connectivity index (χ1n) is 4.31. The van der Waals surface area contributed by atoms with Crippen molar-refractivity contribution in [3.05, 3.63) is 30.2 Å². The molecule has 0 saturated heterocycles. The van der Waals surface area contributed by atoms with Gasteiger partial charge in [-0.25, -0.2) is 0 Å². The number of nitrogens with two attached hydrogens (primary N) is 1. The van der Waals surface area contributed by atoms with Crippen molar-refractivity contribution in [1.82, 2.24) is 20.0 Å². The van der Waals surface area contributed by atoms with E-state index in [2.05, 4.69) is 15.2 Å². The van der Waals surface area contributed by atoms with Crippen molar-refractivity contribution in [2.45, 2.75) is 6.54 Å². The van der Waals surface area contributed by atoms with Gasteiger partial charge >= 0.3 is 0 Å². The van der Waals surface area contributed by atoms with Crippen LogP contribution in [0.3, 0.4) is 0 Å². The largest absolute Gasteiger partial charge is 0.325 e. The van der Waals surface area contributed by atoms with Gasteiger partial charge in [-0.2, -0.15) is 15.0 Å². The van der Waals surface area contributed by atoms with Crippen molar-refractivity contribution in [3.63, 3.8) is 0 Å². The normalized spacial score (nSPS) is 10.4. The number of nitrogens with zero attached hydrogens (tertiary/aromatic N) is 4. The Kier molecular flexibility index (Phi) is 2.24. The van der Waals surface area contributed by atoms with Crippen molar-refractivity contribution in [2.24, 2.45) is 12.8 Å². The van der Waals surface area contributed by atoms with Crippen molar-refractivity contribution in [1.29, 1.82) is 0 Å². The van der Waals surface area contributed by atoms with E-state index in [0.29, 0.717) is 6.54 Å². The van der Waals surface area contributed by atoms with Gasteiger partial charge in [0.15, 0.2) is 0 Å². The minimum absolute atomic E-state index is 0.459. The standard InChI is InChI=1S/C9H11N5/c1-14-12-6-9(13-14)7-2-3-8(4-10)11-5-7/h2-3,5-6H,4,10H2,1H3. The van der Waals surface area contributed by atoms with Crippen LogP contribution < -0.4 is 5.73 Å². The Morgan fingerprint density at radius 3 is 2.71 bits per heavy atom. The third-order valence-electron chi connectivity index (χ3n) is 1.93. The lowest BCUT2D eigenvalue weighted by atomic mass is 10.2. The van der Waals surface area contributed by atoms with Gasteiger partial charge in [0, 0.05) is 25.4 Å². The zero-order valence-electron chi connectivity index (χ0n) is 7.88. The molecule has 0 aliphatic rings. The Bertz CT molecular complexity index is 417. The van der Waals surface area contributed by atoms with Gasteiger partial charge in [-0.05, 0) is 12.1 Å². The highest BCUT2D eigenvalue weighted by Crippen LogP contribution is 2.13. The fraction of sp³-hybridized carbons (Fsp3) is 0.222. The van der Waals surface area contributed by atoms with Gasteiger partial charge in [0.25, 0.3) is 0 Å². The number of aromatic nitrogens is 4. The maximum atomic E-state index is 5.45. The van der Waals surface area contributed by atoms with E-state index < -0.39 is 0 Å². The minimum Gasteiger partial charge on any atom is -0.325 e. The molecule has 2 heterocycles. The molecule has 0 bridgehead atoms. The third kappa shape index (κ3) is 1.62. The van der Waals surface area contributed by atoms with E-state index in [4.69, 9.17) is 5.73 Å². The summed E-state index contributed by atoms with van der Waals surface area (Å²) in [7, 11) is 1.78. The van der Waals surface area contributed by atoms with Gasteiger partial charge in [0.05, 0.1) is 11.9 Å². The van der Waals surface area contributed by atoms with Crippen LogP contribution in [0, 0.1) is 0 Å². The summed E-state index contributed by atoms with van der Waals surface area (Å²) in [6.45, 7) is 0.459. The molecule has 0 aliphatic carbocycles. The number of pyridine rings is 1. The second-order valence-electron chi connectivity index (χ2n) is 2.96. The van der Waals surface area contributed by atoms with E-state index in [0.717, 1.165) is 17.0 Å². The highest BCUT2D eigenvalue weighted by Gasteiger charge is 2.01. The number of hydrogen-bond acceptors (Lipinski definition) is 4. The Balaban J connectivity index is 2.33. The van der Waals surface area contributed by atoms with Crippen molar-refractivity contribution < 1.29 is 0 Å². The molecule has 5 heteroatoms. The Hall–Kier alpha value is -1.75. The van der Waals surface area contributed by atoms with Crippen LogP contribution in [-0.2, 0) is 13.6 Å². The van der Waals surface area contributed by atoms with Gasteiger partial charge in [0.2, 0.25) is 0 Å². The van der Waals surface area contributed by atoms with Gasteiger partial charge in [-0.15, -0.1) is 0 Å². The van der Waals surface area contributed by atoms with Crippen LogP contribution in [0.2, 0.25) is 0 Å². The van der Waals surface area contributed by atoms with Crippen LogP contribution in [0.1, 0.15) is 5.69 Å². The number of hydrogen-bond donors (Lipinski definition) is 1. The monoisotopic (exact) mass is 189 g/mol. The van der Waals surface area contributed by atoms with E-state index in [1.807, 2.05) is 12.1 Å². The lowest BCUT2D eigenvalue weighted by molar-refractivity contribution is 0.655. The van der Waals surface area contributed by atoms with E-state index in [-0.39, 0.29) is 0 Å². The molecule has 0 spiro atoms. The second-order valence-corrected chi connectivity index (χ2v) is 2.96. The van der Waals surface area contributed by atoms with E-state index in [9.17, 15) is 0 Å². The predicted molar refractivity (Wildman–Crippen MR) is 52.1 cm³/mol. The first-order chi connectivity index (χ1) is 6.79. The minimum atomic E-state index is 0.459. The molecule has 2 rings (SSSR count). The molecule has 14 heavy (non-hydrogen) atoms.